The molecule has 4 heteroatoms. The number of rotatable bonds is 8. The van der Waals surface area contributed by atoms with Crippen LogP contribution < -0.4 is 10.1 Å². The molecule has 0 saturated heterocycles. The van der Waals surface area contributed by atoms with Crippen LogP contribution in [0, 0.1) is 11.3 Å². The van der Waals surface area contributed by atoms with Gasteiger partial charge in [0.25, 0.3) is 0 Å². The lowest BCUT2D eigenvalue weighted by atomic mass is 9.94. The van der Waals surface area contributed by atoms with E-state index in [2.05, 4.69) is 45.0 Å². The number of hydrogen-bond acceptors (Lipinski definition) is 3. The molecule has 0 aliphatic carbocycles. The maximum Gasteiger partial charge on any atom is 0.157 e. The predicted octanol–water partition coefficient (Wildman–Crippen LogP) is 2.55. The van der Waals surface area contributed by atoms with Gasteiger partial charge in [0, 0.05) is 18.5 Å². The molecule has 1 N–H and O–H groups in total. The van der Waals surface area contributed by atoms with Crippen LogP contribution in [0.3, 0.4) is 0 Å². The molecule has 0 fully saturated rings. The van der Waals surface area contributed by atoms with Crippen molar-refractivity contribution < 1.29 is 4.74 Å². The Morgan fingerprint density at radius 2 is 2.17 bits per heavy atom. The highest BCUT2D eigenvalue weighted by molar-refractivity contribution is 5.11. The molecule has 0 bridgehead atoms. The van der Waals surface area contributed by atoms with Crippen LogP contribution in [-0.2, 0) is 6.54 Å². The van der Waals surface area contributed by atoms with Crippen molar-refractivity contribution in [3.05, 3.63) is 12.4 Å². The molecule has 0 unspecified atom stereocenters. The molecule has 0 aromatic carbocycles. The minimum atomic E-state index is 0.128. The van der Waals surface area contributed by atoms with Crippen LogP contribution in [0.15, 0.2) is 12.4 Å². The fraction of sp³-hybridized carbons (Fsp3) is 0.786. The molecule has 1 aromatic rings. The van der Waals surface area contributed by atoms with E-state index in [1.165, 1.54) is 0 Å². The maximum atomic E-state index is 5.79. The summed E-state index contributed by atoms with van der Waals surface area (Å²) in [7, 11) is 0. The van der Waals surface area contributed by atoms with Gasteiger partial charge in [-0.3, -0.25) is 4.68 Å². The zero-order valence-electron chi connectivity index (χ0n) is 12.4. The minimum absolute atomic E-state index is 0.128. The quantitative estimate of drug-likeness (QED) is 0.774. The van der Waals surface area contributed by atoms with E-state index in [1.807, 2.05) is 10.9 Å². The van der Waals surface area contributed by atoms with Crippen LogP contribution in [0.5, 0.6) is 5.75 Å². The molecule has 0 radical (unpaired) electrons. The van der Waals surface area contributed by atoms with Crippen molar-refractivity contribution in [1.82, 2.24) is 15.1 Å². The Labute approximate surface area is 111 Å². The molecular weight excluding hydrogens is 226 g/mol. The van der Waals surface area contributed by atoms with Gasteiger partial charge in [0.05, 0.1) is 19.0 Å². The fourth-order valence-corrected chi connectivity index (χ4v) is 1.62. The lowest BCUT2D eigenvalue weighted by molar-refractivity contribution is 0.175. The molecule has 18 heavy (non-hydrogen) atoms. The monoisotopic (exact) mass is 253 g/mol. The molecule has 1 heterocycles. The fourth-order valence-electron chi connectivity index (χ4n) is 1.62. The molecule has 0 atom stereocenters. The van der Waals surface area contributed by atoms with Crippen LogP contribution in [0.1, 0.15) is 34.6 Å². The smallest absolute Gasteiger partial charge is 0.157 e. The maximum absolute atomic E-state index is 5.79. The summed E-state index contributed by atoms with van der Waals surface area (Å²) in [5.41, 5.74) is 0.128. The van der Waals surface area contributed by atoms with E-state index >= 15 is 0 Å². The largest absolute Gasteiger partial charge is 0.490 e. The Morgan fingerprint density at radius 3 is 2.72 bits per heavy atom. The summed E-state index contributed by atoms with van der Waals surface area (Å²) < 4.78 is 7.66. The number of aromatic nitrogens is 2. The van der Waals surface area contributed by atoms with E-state index in [0.717, 1.165) is 25.4 Å². The third-order valence-electron chi connectivity index (χ3n) is 2.72. The van der Waals surface area contributed by atoms with Gasteiger partial charge >= 0.3 is 0 Å². The summed E-state index contributed by atoms with van der Waals surface area (Å²) in [6.45, 7) is 14.5. The molecule has 0 aliphatic heterocycles. The van der Waals surface area contributed by atoms with E-state index in [9.17, 15) is 0 Å². The molecule has 0 spiro atoms. The van der Waals surface area contributed by atoms with Crippen molar-refractivity contribution >= 4 is 0 Å². The van der Waals surface area contributed by atoms with Crippen LogP contribution in [0.2, 0.25) is 0 Å². The minimum Gasteiger partial charge on any atom is -0.490 e. The van der Waals surface area contributed by atoms with Crippen LogP contribution >= 0.6 is 0 Å². The lowest BCUT2D eigenvalue weighted by Gasteiger charge is -2.25. The number of aryl methyl sites for hydroxylation is 1. The van der Waals surface area contributed by atoms with Gasteiger partial charge in [-0.2, -0.15) is 5.10 Å². The number of hydrogen-bond donors (Lipinski definition) is 1. The highest BCUT2D eigenvalue weighted by Gasteiger charge is 2.19. The van der Waals surface area contributed by atoms with Crippen LogP contribution in [0.25, 0.3) is 0 Å². The van der Waals surface area contributed by atoms with Crippen molar-refractivity contribution in [2.45, 2.75) is 41.2 Å². The van der Waals surface area contributed by atoms with Gasteiger partial charge in [-0.05, 0) is 19.4 Å². The number of nitrogens with one attached hydrogen (secondary N) is 1. The Morgan fingerprint density at radius 1 is 1.44 bits per heavy atom. The van der Waals surface area contributed by atoms with Gasteiger partial charge in [-0.25, -0.2) is 0 Å². The van der Waals surface area contributed by atoms with Crippen molar-refractivity contribution in [3.63, 3.8) is 0 Å². The number of ether oxygens (including phenoxy) is 1. The summed E-state index contributed by atoms with van der Waals surface area (Å²) in [5.74, 6) is 1.54. The van der Waals surface area contributed by atoms with Gasteiger partial charge in [-0.1, -0.05) is 27.7 Å². The summed E-state index contributed by atoms with van der Waals surface area (Å²) >= 11 is 0. The van der Waals surface area contributed by atoms with E-state index in [1.54, 1.807) is 6.20 Å². The Bertz CT molecular complexity index is 345. The van der Waals surface area contributed by atoms with E-state index in [-0.39, 0.29) is 5.41 Å². The molecular formula is C14H27N3O. The summed E-state index contributed by atoms with van der Waals surface area (Å²) in [5, 5.41) is 7.67. The summed E-state index contributed by atoms with van der Waals surface area (Å²) in [6.07, 6.45) is 3.72. The van der Waals surface area contributed by atoms with Gasteiger partial charge < -0.3 is 10.1 Å². The van der Waals surface area contributed by atoms with Crippen LogP contribution in [0.4, 0.5) is 0 Å². The topological polar surface area (TPSA) is 39.1 Å². The molecule has 0 amide bonds. The van der Waals surface area contributed by atoms with Gasteiger partial charge in [0.15, 0.2) is 5.75 Å². The summed E-state index contributed by atoms with van der Waals surface area (Å²) in [6, 6.07) is 0. The Kier molecular flexibility index (Phi) is 5.66. The first kappa shape index (κ1) is 15.0. The number of nitrogens with zero attached hydrogens (tertiary/aromatic N) is 2. The normalized spacial score (nSPS) is 12.1. The molecule has 4 nitrogen and oxygen atoms in total. The average molecular weight is 253 g/mol. The second-order valence-electron chi connectivity index (χ2n) is 6.01. The zero-order valence-corrected chi connectivity index (χ0v) is 12.4. The van der Waals surface area contributed by atoms with E-state index < -0.39 is 0 Å². The van der Waals surface area contributed by atoms with Gasteiger partial charge in [-0.15, -0.1) is 0 Å². The molecule has 0 saturated carbocycles. The first-order valence-corrected chi connectivity index (χ1v) is 6.79. The first-order chi connectivity index (χ1) is 8.43. The second kappa shape index (κ2) is 6.78. The van der Waals surface area contributed by atoms with E-state index in [4.69, 9.17) is 4.74 Å². The molecule has 1 rings (SSSR count). The van der Waals surface area contributed by atoms with Crippen LogP contribution in [-0.4, -0.2) is 29.5 Å². The third kappa shape index (κ3) is 5.54. The van der Waals surface area contributed by atoms with Gasteiger partial charge in [0.1, 0.15) is 0 Å². The van der Waals surface area contributed by atoms with Crippen molar-refractivity contribution in [2.24, 2.45) is 11.3 Å². The first-order valence-electron chi connectivity index (χ1n) is 6.79. The Balaban J connectivity index is 2.31. The predicted molar refractivity (Wildman–Crippen MR) is 74.9 cm³/mol. The molecule has 104 valence electrons. The van der Waals surface area contributed by atoms with E-state index in [0.29, 0.717) is 12.5 Å². The Hall–Kier alpha value is -1.03. The second-order valence-corrected chi connectivity index (χ2v) is 6.01. The average Bonchev–Trinajstić information content (AvgIpc) is 2.73. The third-order valence-corrected chi connectivity index (χ3v) is 2.72. The van der Waals surface area contributed by atoms with Gasteiger partial charge in [0.2, 0.25) is 0 Å². The summed E-state index contributed by atoms with van der Waals surface area (Å²) in [4.78, 5) is 0. The molecule has 1 aromatic heterocycles. The van der Waals surface area contributed by atoms with Crippen molar-refractivity contribution in [3.8, 4) is 5.75 Å². The highest BCUT2D eigenvalue weighted by Crippen LogP contribution is 2.17. The lowest BCUT2D eigenvalue weighted by Crippen LogP contribution is -2.35. The van der Waals surface area contributed by atoms with Crippen molar-refractivity contribution in [2.75, 3.05) is 19.7 Å². The zero-order chi connectivity index (χ0) is 13.6. The SMILES string of the molecule is CCn1cc(OCC(C)(C)CNCC(C)C)cn1. The van der Waals surface area contributed by atoms with Crippen molar-refractivity contribution in [1.29, 1.82) is 0 Å². The highest BCUT2D eigenvalue weighted by atomic mass is 16.5. The standard InChI is InChI=1S/C14H27N3O/c1-6-17-9-13(8-16-17)18-11-14(4,5)10-15-7-12(2)3/h8-9,12,15H,6-7,10-11H2,1-5H3. The molecule has 0 aliphatic rings.